The van der Waals surface area contributed by atoms with Gasteiger partial charge in [0.1, 0.15) is 5.69 Å². The van der Waals surface area contributed by atoms with E-state index in [2.05, 4.69) is 9.72 Å². The van der Waals surface area contributed by atoms with E-state index in [1.54, 1.807) is 6.92 Å². The highest BCUT2D eigenvalue weighted by Gasteiger charge is 2.22. The van der Waals surface area contributed by atoms with E-state index in [-0.39, 0.29) is 11.4 Å². The molecule has 0 aromatic carbocycles. The van der Waals surface area contributed by atoms with E-state index in [1.807, 2.05) is 0 Å². The quantitative estimate of drug-likeness (QED) is 0.611. The van der Waals surface area contributed by atoms with Crippen LogP contribution in [0.2, 0.25) is 0 Å². The van der Waals surface area contributed by atoms with Crippen LogP contribution in [-0.2, 0) is 10.6 Å². The average Bonchev–Trinajstić information content (AvgIpc) is 2.27. The van der Waals surface area contributed by atoms with Gasteiger partial charge in [-0.05, 0) is 18.6 Å². The van der Waals surface area contributed by atoms with Crippen LogP contribution in [0, 0.1) is 6.92 Å². The Balaban J connectivity index is 3.36. The maximum absolute atomic E-state index is 12.7. The van der Waals surface area contributed by atoms with Crippen LogP contribution < -0.4 is 0 Å². The van der Waals surface area contributed by atoms with Gasteiger partial charge < -0.3 is 4.74 Å². The first kappa shape index (κ1) is 12.8. The van der Waals surface area contributed by atoms with E-state index in [1.165, 1.54) is 6.07 Å². The lowest BCUT2D eigenvalue weighted by Crippen LogP contribution is -2.10. The number of alkyl halides is 3. The number of rotatable bonds is 3. The number of carbonyl (C=O) groups excluding carboxylic acids is 1. The summed E-state index contributed by atoms with van der Waals surface area (Å²) in [6, 6.07) is 1.32. The van der Waals surface area contributed by atoms with E-state index < -0.39 is 18.1 Å². The maximum Gasteiger partial charge on any atom is 0.339 e. The molecule has 0 atom stereocenters. The zero-order chi connectivity index (χ0) is 12.3. The molecule has 16 heavy (non-hydrogen) atoms. The number of aryl methyl sites for hydroxylation is 1. The summed E-state index contributed by atoms with van der Waals surface area (Å²) < 4.78 is 29.7. The Bertz CT molecular complexity index is 410. The summed E-state index contributed by atoms with van der Waals surface area (Å²) in [7, 11) is 1.13. The lowest BCUT2D eigenvalue weighted by molar-refractivity contribution is 0.0587. The van der Waals surface area contributed by atoms with E-state index in [9.17, 15) is 13.6 Å². The SMILES string of the molecule is COC(=O)c1cc(C)c(CCl)nc1C(F)F. The summed E-state index contributed by atoms with van der Waals surface area (Å²) in [4.78, 5) is 14.9. The number of pyridine rings is 1. The van der Waals surface area contributed by atoms with Crippen LogP contribution in [0.5, 0.6) is 0 Å². The topological polar surface area (TPSA) is 39.2 Å². The summed E-state index contributed by atoms with van der Waals surface area (Å²) in [5.74, 6) is -0.806. The lowest BCUT2D eigenvalue weighted by atomic mass is 10.1. The monoisotopic (exact) mass is 249 g/mol. The summed E-state index contributed by atoms with van der Waals surface area (Å²) in [6.07, 6.45) is -2.84. The smallest absolute Gasteiger partial charge is 0.339 e. The number of aromatic nitrogens is 1. The lowest BCUT2D eigenvalue weighted by Gasteiger charge is -2.10. The number of hydrogen-bond acceptors (Lipinski definition) is 3. The number of nitrogens with zero attached hydrogens (tertiary/aromatic N) is 1. The van der Waals surface area contributed by atoms with Gasteiger partial charge in [-0.3, -0.25) is 0 Å². The zero-order valence-electron chi connectivity index (χ0n) is 8.76. The molecule has 0 radical (unpaired) electrons. The fourth-order valence-electron chi connectivity index (χ4n) is 1.24. The molecule has 0 spiro atoms. The second-order valence-electron chi connectivity index (χ2n) is 3.11. The van der Waals surface area contributed by atoms with Crippen molar-refractivity contribution in [2.75, 3.05) is 7.11 Å². The van der Waals surface area contributed by atoms with Gasteiger partial charge in [0.15, 0.2) is 0 Å². The Kier molecular flexibility index (Phi) is 4.18. The van der Waals surface area contributed by atoms with Crippen LogP contribution in [0.3, 0.4) is 0 Å². The Morgan fingerprint density at radius 1 is 1.62 bits per heavy atom. The Morgan fingerprint density at radius 2 is 2.25 bits per heavy atom. The van der Waals surface area contributed by atoms with Gasteiger partial charge in [0.05, 0.1) is 24.2 Å². The molecule has 0 N–H and O–H groups in total. The highest BCUT2D eigenvalue weighted by atomic mass is 35.5. The first-order chi connectivity index (χ1) is 7.51. The molecule has 3 nitrogen and oxygen atoms in total. The second-order valence-corrected chi connectivity index (χ2v) is 3.38. The molecule has 0 unspecified atom stereocenters. The largest absolute Gasteiger partial charge is 0.465 e. The highest BCUT2D eigenvalue weighted by Crippen LogP contribution is 2.24. The summed E-state index contributed by atoms with van der Waals surface area (Å²) in [5, 5.41) is 0. The van der Waals surface area contributed by atoms with Crippen molar-refractivity contribution in [3.63, 3.8) is 0 Å². The molecule has 0 amide bonds. The molecule has 1 rings (SSSR count). The normalized spacial score (nSPS) is 10.6. The molecule has 88 valence electrons. The minimum absolute atomic E-state index is 0.0208. The predicted molar refractivity (Wildman–Crippen MR) is 54.8 cm³/mol. The van der Waals surface area contributed by atoms with Gasteiger partial charge in [0.2, 0.25) is 0 Å². The maximum atomic E-state index is 12.7. The molecule has 0 bridgehead atoms. The van der Waals surface area contributed by atoms with Crippen molar-refractivity contribution in [3.05, 3.63) is 28.6 Å². The Hall–Kier alpha value is -1.23. The number of halogens is 3. The minimum atomic E-state index is -2.84. The number of hydrogen-bond donors (Lipinski definition) is 0. The van der Waals surface area contributed by atoms with Crippen molar-refractivity contribution >= 4 is 17.6 Å². The molecule has 6 heteroatoms. The van der Waals surface area contributed by atoms with Gasteiger partial charge in [-0.1, -0.05) is 0 Å². The predicted octanol–water partition coefficient (Wildman–Crippen LogP) is 2.85. The zero-order valence-corrected chi connectivity index (χ0v) is 9.52. The molecule has 0 saturated heterocycles. The van der Waals surface area contributed by atoms with Gasteiger partial charge in [-0.25, -0.2) is 18.6 Å². The number of methoxy groups -OCH3 is 1. The second kappa shape index (κ2) is 5.21. The molecule has 1 heterocycles. The van der Waals surface area contributed by atoms with Crippen LogP contribution in [-0.4, -0.2) is 18.1 Å². The summed E-state index contributed by atoms with van der Waals surface area (Å²) in [6.45, 7) is 1.65. The molecule has 0 aliphatic carbocycles. The van der Waals surface area contributed by atoms with Gasteiger partial charge in [0, 0.05) is 0 Å². The first-order valence-corrected chi connectivity index (χ1v) is 4.97. The standard InChI is InChI=1S/C10H10ClF2NO2/c1-5-3-6(10(15)16-2)8(9(12)13)14-7(5)4-11/h3,9H,4H2,1-2H3. The molecule has 1 aromatic heterocycles. The van der Waals surface area contributed by atoms with E-state index in [4.69, 9.17) is 11.6 Å². The van der Waals surface area contributed by atoms with E-state index in [0.717, 1.165) is 7.11 Å². The fraction of sp³-hybridized carbons (Fsp3) is 0.400. The van der Waals surface area contributed by atoms with Gasteiger partial charge >= 0.3 is 5.97 Å². The van der Waals surface area contributed by atoms with Crippen molar-refractivity contribution in [1.82, 2.24) is 4.98 Å². The van der Waals surface area contributed by atoms with Crippen LogP contribution >= 0.6 is 11.6 Å². The van der Waals surface area contributed by atoms with E-state index >= 15 is 0 Å². The van der Waals surface area contributed by atoms with Crippen molar-refractivity contribution in [1.29, 1.82) is 0 Å². The van der Waals surface area contributed by atoms with Crippen molar-refractivity contribution < 1.29 is 18.3 Å². The number of esters is 1. The summed E-state index contributed by atoms with van der Waals surface area (Å²) >= 11 is 5.55. The van der Waals surface area contributed by atoms with Crippen molar-refractivity contribution in [3.8, 4) is 0 Å². The van der Waals surface area contributed by atoms with Crippen LogP contribution in [0.4, 0.5) is 8.78 Å². The number of carbonyl (C=O) groups is 1. The van der Waals surface area contributed by atoms with E-state index in [0.29, 0.717) is 11.3 Å². The highest BCUT2D eigenvalue weighted by molar-refractivity contribution is 6.17. The van der Waals surface area contributed by atoms with Gasteiger partial charge in [-0.15, -0.1) is 11.6 Å². The first-order valence-electron chi connectivity index (χ1n) is 4.44. The van der Waals surface area contributed by atoms with Crippen molar-refractivity contribution in [2.24, 2.45) is 0 Å². The minimum Gasteiger partial charge on any atom is -0.465 e. The third-order valence-electron chi connectivity index (χ3n) is 2.09. The average molecular weight is 250 g/mol. The molecule has 0 aliphatic rings. The number of ether oxygens (including phenoxy) is 1. The van der Waals surface area contributed by atoms with Gasteiger partial charge in [-0.2, -0.15) is 0 Å². The van der Waals surface area contributed by atoms with Crippen LogP contribution in [0.15, 0.2) is 6.07 Å². The molecular weight excluding hydrogens is 240 g/mol. The van der Waals surface area contributed by atoms with Gasteiger partial charge in [0.25, 0.3) is 6.43 Å². The third-order valence-corrected chi connectivity index (χ3v) is 2.34. The van der Waals surface area contributed by atoms with Crippen LogP contribution in [0.1, 0.15) is 33.7 Å². The van der Waals surface area contributed by atoms with Crippen molar-refractivity contribution in [2.45, 2.75) is 19.2 Å². The molecule has 0 aliphatic heterocycles. The Morgan fingerprint density at radius 3 is 2.69 bits per heavy atom. The molecule has 1 aromatic rings. The molecular formula is C10H10ClF2NO2. The Labute approximate surface area is 96.4 Å². The third kappa shape index (κ3) is 2.47. The molecule has 0 saturated carbocycles. The fourth-order valence-corrected chi connectivity index (χ4v) is 1.51. The van der Waals surface area contributed by atoms with Crippen LogP contribution in [0.25, 0.3) is 0 Å². The molecule has 0 fully saturated rings. The summed E-state index contributed by atoms with van der Waals surface area (Å²) in [5.41, 5.74) is 0.112.